The third-order valence-electron chi connectivity index (χ3n) is 4.31. The Bertz CT molecular complexity index is 991. The SMILES string of the molecule is O=C(N[C@@H](Cc1cccc(OCc2ccccc2)c1)C(=O)O)c1ccccc1F. The fourth-order valence-electron chi connectivity index (χ4n) is 2.82. The molecule has 0 aliphatic carbocycles. The van der Waals surface area contributed by atoms with Crippen molar-refractivity contribution < 1.29 is 23.8 Å². The maximum atomic E-state index is 13.8. The van der Waals surface area contributed by atoms with Gasteiger partial charge in [0.05, 0.1) is 5.56 Å². The minimum Gasteiger partial charge on any atom is -0.489 e. The normalized spacial score (nSPS) is 11.5. The lowest BCUT2D eigenvalue weighted by atomic mass is 10.0. The highest BCUT2D eigenvalue weighted by atomic mass is 19.1. The first-order chi connectivity index (χ1) is 14.0. The van der Waals surface area contributed by atoms with Gasteiger partial charge in [-0.25, -0.2) is 9.18 Å². The quantitative estimate of drug-likeness (QED) is 0.610. The Labute approximate surface area is 167 Å². The van der Waals surface area contributed by atoms with Crippen molar-refractivity contribution in [2.75, 3.05) is 0 Å². The number of nitrogens with one attached hydrogen (secondary N) is 1. The van der Waals surface area contributed by atoms with Crippen molar-refractivity contribution in [3.63, 3.8) is 0 Å². The van der Waals surface area contributed by atoms with Gasteiger partial charge in [0.2, 0.25) is 0 Å². The molecule has 1 atom stereocenters. The molecule has 1 amide bonds. The number of carboxylic acid groups (broad SMARTS) is 1. The maximum Gasteiger partial charge on any atom is 0.326 e. The minimum atomic E-state index is -1.20. The van der Waals surface area contributed by atoms with E-state index in [4.69, 9.17) is 4.74 Å². The van der Waals surface area contributed by atoms with E-state index in [1.54, 1.807) is 24.3 Å². The van der Waals surface area contributed by atoms with Crippen molar-refractivity contribution in [3.8, 4) is 5.75 Å². The van der Waals surface area contributed by atoms with Crippen molar-refractivity contribution in [1.82, 2.24) is 5.32 Å². The van der Waals surface area contributed by atoms with Gasteiger partial charge in [-0.05, 0) is 35.4 Å². The van der Waals surface area contributed by atoms with E-state index >= 15 is 0 Å². The first-order valence-corrected chi connectivity index (χ1v) is 9.07. The van der Waals surface area contributed by atoms with Gasteiger partial charge in [0, 0.05) is 6.42 Å². The lowest BCUT2D eigenvalue weighted by Gasteiger charge is -2.16. The lowest BCUT2D eigenvalue weighted by Crippen LogP contribution is -2.42. The molecular weight excluding hydrogens is 373 g/mol. The number of rotatable bonds is 8. The fraction of sp³-hybridized carbons (Fsp3) is 0.130. The Morgan fingerprint density at radius 1 is 0.931 bits per heavy atom. The second-order valence-corrected chi connectivity index (χ2v) is 6.47. The van der Waals surface area contributed by atoms with Crippen LogP contribution < -0.4 is 10.1 Å². The zero-order valence-electron chi connectivity index (χ0n) is 15.5. The summed E-state index contributed by atoms with van der Waals surface area (Å²) in [5.74, 6) is -2.08. The number of hydrogen-bond donors (Lipinski definition) is 2. The molecule has 5 nitrogen and oxygen atoms in total. The Kier molecular flexibility index (Phi) is 6.58. The molecule has 0 aromatic heterocycles. The summed E-state index contributed by atoms with van der Waals surface area (Å²) in [7, 11) is 0. The van der Waals surface area contributed by atoms with Crippen LogP contribution in [0.1, 0.15) is 21.5 Å². The Morgan fingerprint density at radius 3 is 2.34 bits per heavy atom. The third kappa shape index (κ3) is 5.65. The van der Waals surface area contributed by atoms with Crippen molar-refractivity contribution in [3.05, 3.63) is 101 Å². The molecule has 2 N–H and O–H groups in total. The van der Waals surface area contributed by atoms with E-state index in [-0.39, 0.29) is 12.0 Å². The predicted molar refractivity (Wildman–Crippen MR) is 106 cm³/mol. The first kappa shape index (κ1) is 20.1. The molecule has 0 saturated carbocycles. The van der Waals surface area contributed by atoms with Gasteiger partial charge in [-0.3, -0.25) is 4.79 Å². The average molecular weight is 393 g/mol. The van der Waals surface area contributed by atoms with E-state index in [1.165, 1.54) is 18.2 Å². The van der Waals surface area contributed by atoms with Gasteiger partial charge >= 0.3 is 5.97 Å². The van der Waals surface area contributed by atoms with Crippen LogP contribution in [0.15, 0.2) is 78.9 Å². The summed E-state index contributed by atoms with van der Waals surface area (Å²) >= 11 is 0. The number of aliphatic carboxylic acids is 1. The fourth-order valence-corrected chi connectivity index (χ4v) is 2.82. The minimum absolute atomic E-state index is 0.0397. The molecule has 0 aliphatic rings. The zero-order chi connectivity index (χ0) is 20.6. The monoisotopic (exact) mass is 393 g/mol. The molecule has 29 heavy (non-hydrogen) atoms. The number of carboxylic acids is 1. The molecule has 0 heterocycles. The second kappa shape index (κ2) is 9.50. The van der Waals surface area contributed by atoms with Crippen LogP contribution in [0.5, 0.6) is 5.75 Å². The van der Waals surface area contributed by atoms with E-state index < -0.39 is 23.7 Å². The summed E-state index contributed by atoms with van der Waals surface area (Å²) in [6.45, 7) is 0.386. The molecule has 0 unspecified atom stereocenters. The Morgan fingerprint density at radius 2 is 1.62 bits per heavy atom. The number of amides is 1. The Balaban J connectivity index is 1.66. The van der Waals surface area contributed by atoms with Gasteiger partial charge in [0.25, 0.3) is 5.91 Å². The molecule has 0 radical (unpaired) electrons. The summed E-state index contributed by atoms with van der Waals surface area (Å²) in [6, 6.07) is 20.9. The highest BCUT2D eigenvalue weighted by Crippen LogP contribution is 2.17. The zero-order valence-corrected chi connectivity index (χ0v) is 15.5. The van der Waals surface area contributed by atoms with Crippen molar-refractivity contribution >= 4 is 11.9 Å². The molecule has 148 valence electrons. The molecule has 0 fully saturated rings. The molecule has 3 aromatic carbocycles. The lowest BCUT2D eigenvalue weighted by molar-refractivity contribution is -0.139. The topological polar surface area (TPSA) is 75.6 Å². The van der Waals surface area contributed by atoms with Crippen LogP contribution in [-0.4, -0.2) is 23.0 Å². The average Bonchev–Trinajstić information content (AvgIpc) is 2.73. The first-order valence-electron chi connectivity index (χ1n) is 9.07. The van der Waals surface area contributed by atoms with Crippen molar-refractivity contribution in [2.24, 2.45) is 0 Å². The summed E-state index contributed by atoms with van der Waals surface area (Å²) in [6.07, 6.45) is 0.0397. The van der Waals surface area contributed by atoms with Crippen LogP contribution in [0.3, 0.4) is 0 Å². The summed E-state index contributed by atoms with van der Waals surface area (Å²) in [4.78, 5) is 23.9. The molecule has 0 saturated heterocycles. The van der Waals surface area contributed by atoms with Crippen LogP contribution in [0.25, 0.3) is 0 Å². The van der Waals surface area contributed by atoms with E-state index in [0.29, 0.717) is 17.9 Å². The molecular formula is C23H20FNO4. The van der Waals surface area contributed by atoms with E-state index in [0.717, 1.165) is 11.6 Å². The van der Waals surface area contributed by atoms with Crippen molar-refractivity contribution in [2.45, 2.75) is 19.1 Å². The van der Waals surface area contributed by atoms with E-state index in [2.05, 4.69) is 5.32 Å². The van der Waals surface area contributed by atoms with E-state index in [1.807, 2.05) is 30.3 Å². The standard InChI is InChI=1S/C23H20FNO4/c24-20-12-5-4-11-19(20)22(26)25-21(23(27)28)14-17-9-6-10-18(13-17)29-15-16-7-2-1-3-8-16/h1-13,21H,14-15H2,(H,25,26)(H,27,28)/t21-/m0/s1. The maximum absolute atomic E-state index is 13.8. The summed E-state index contributed by atoms with van der Waals surface area (Å²) in [5.41, 5.74) is 1.49. The molecule has 0 spiro atoms. The highest BCUT2D eigenvalue weighted by Gasteiger charge is 2.22. The third-order valence-corrected chi connectivity index (χ3v) is 4.31. The predicted octanol–water partition coefficient (Wildman–Crippen LogP) is 3.83. The number of benzene rings is 3. The van der Waals surface area contributed by atoms with E-state index in [9.17, 15) is 19.1 Å². The highest BCUT2D eigenvalue weighted by molar-refractivity contribution is 5.96. The molecule has 3 aromatic rings. The number of carbonyl (C=O) groups is 2. The van der Waals surface area contributed by atoms with Gasteiger partial charge in [-0.1, -0.05) is 54.6 Å². The molecule has 0 bridgehead atoms. The smallest absolute Gasteiger partial charge is 0.326 e. The van der Waals surface area contributed by atoms with Crippen LogP contribution in [0.2, 0.25) is 0 Å². The summed E-state index contributed by atoms with van der Waals surface area (Å²) in [5, 5.41) is 11.9. The van der Waals surface area contributed by atoms with Gasteiger partial charge in [0.1, 0.15) is 24.2 Å². The van der Waals surface area contributed by atoms with Gasteiger partial charge in [-0.15, -0.1) is 0 Å². The van der Waals surface area contributed by atoms with Gasteiger partial charge in [0.15, 0.2) is 0 Å². The Hall–Kier alpha value is -3.67. The number of halogens is 1. The molecule has 6 heteroatoms. The number of hydrogen-bond acceptors (Lipinski definition) is 3. The largest absolute Gasteiger partial charge is 0.489 e. The molecule has 3 rings (SSSR count). The summed E-state index contributed by atoms with van der Waals surface area (Å²) < 4.78 is 19.5. The van der Waals surface area contributed by atoms with Gasteiger partial charge < -0.3 is 15.2 Å². The van der Waals surface area contributed by atoms with Crippen LogP contribution >= 0.6 is 0 Å². The van der Waals surface area contributed by atoms with Crippen LogP contribution in [0, 0.1) is 5.82 Å². The van der Waals surface area contributed by atoms with Crippen LogP contribution in [0.4, 0.5) is 4.39 Å². The second-order valence-electron chi connectivity index (χ2n) is 6.47. The molecule has 0 aliphatic heterocycles. The number of ether oxygens (including phenoxy) is 1. The van der Waals surface area contributed by atoms with Crippen molar-refractivity contribution in [1.29, 1.82) is 0 Å². The number of carbonyl (C=O) groups excluding carboxylic acids is 1. The van der Waals surface area contributed by atoms with Crippen LogP contribution in [-0.2, 0) is 17.8 Å². The van der Waals surface area contributed by atoms with Gasteiger partial charge in [-0.2, -0.15) is 0 Å².